The molecule has 2 rings (SSSR count). The predicted molar refractivity (Wildman–Crippen MR) is 94.0 cm³/mol. The highest BCUT2D eigenvalue weighted by atomic mass is 16.5. The first-order valence-corrected chi connectivity index (χ1v) is 8.46. The number of nitrogens with zero attached hydrogens (tertiary/aromatic N) is 1. The number of methoxy groups -OCH3 is 1. The molecule has 1 saturated heterocycles. The van der Waals surface area contributed by atoms with Crippen LogP contribution in [0.15, 0.2) is 24.3 Å². The molecule has 1 aliphatic rings. The monoisotopic (exact) mass is 333 g/mol. The Labute approximate surface area is 143 Å². The van der Waals surface area contributed by atoms with E-state index in [1.54, 1.807) is 0 Å². The van der Waals surface area contributed by atoms with Crippen LogP contribution in [0.2, 0.25) is 0 Å². The first kappa shape index (κ1) is 18.3. The average molecular weight is 333 g/mol. The van der Waals surface area contributed by atoms with Crippen molar-refractivity contribution >= 4 is 17.6 Å². The minimum Gasteiger partial charge on any atom is -0.375 e. The van der Waals surface area contributed by atoms with Crippen LogP contribution in [-0.2, 0) is 9.53 Å². The third kappa shape index (κ3) is 5.85. The molecule has 1 aromatic rings. The van der Waals surface area contributed by atoms with Gasteiger partial charge in [0.05, 0.1) is 0 Å². The van der Waals surface area contributed by atoms with Gasteiger partial charge in [0.25, 0.3) is 0 Å². The number of benzene rings is 1. The summed E-state index contributed by atoms with van der Waals surface area (Å²) in [5.41, 5.74) is 2.00. The molecule has 1 aliphatic heterocycles. The van der Waals surface area contributed by atoms with Gasteiger partial charge in [-0.05, 0) is 44.2 Å². The summed E-state index contributed by atoms with van der Waals surface area (Å²) in [5, 5.41) is 5.79. The highest BCUT2D eigenvalue weighted by Gasteiger charge is 2.22. The number of piperidine rings is 1. The van der Waals surface area contributed by atoms with Crippen molar-refractivity contribution in [2.24, 2.45) is 5.92 Å². The third-order valence-corrected chi connectivity index (χ3v) is 4.35. The largest absolute Gasteiger partial charge is 0.375 e. The van der Waals surface area contributed by atoms with Gasteiger partial charge in [-0.25, -0.2) is 4.79 Å². The Balaban J connectivity index is 1.67. The van der Waals surface area contributed by atoms with E-state index in [4.69, 9.17) is 4.74 Å². The molecule has 0 radical (unpaired) electrons. The lowest BCUT2D eigenvalue weighted by atomic mass is 9.94. The number of nitrogens with one attached hydrogen (secondary N) is 2. The van der Waals surface area contributed by atoms with E-state index in [1.807, 2.05) is 36.1 Å². The highest BCUT2D eigenvalue weighted by Crippen LogP contribution is 2.21. The summed E-state index contributed by atoms with van der Waals surface area (Å²) < 4.78 is 4.78. The molecule has 1 fully saturated rings. The first-order chi connectivity index (χ1) is 11.6. The Morgan fingerprint density at radius 1 is 1.21 bits per heavy atom. The standard InChI is InChI=1S/C18H27N3O3/c1-14-3-5-16(6-4-14)20-18(23)21-11-8-15(9-12-21)7-10-19-17(22)13-24-2/h3-6,15H,7-13H2,1-2H3,(H,19,22)(H,20,23). The molecular formula is C18H27N3O3. The number of likely N-dealkylation sites (tertiary alicyclic amines) is 1. The fourth-order valence-corrected chi connectivity index (χ4v) is 2.86. The molecule has 3 amide bonds. The first-order valence-electron chi connectivity index (χ1n) is 8.46. The van der Waals surface area contributed by atoms with Crippen LogP contribution in [0, 0.1) is 12.8 Å². The Hall–Kier alpha value is -2.08. The van der Waals surface area contributed by atoms with Crippen molar-refractivity contribution in [2.45, 2.75) is 26.2 Å². The second kappa shape index (κ2) is 9.27. The molecule has 0 aromatic heterocycles. The molecule has 0 atom stereocenters. The van der Waals surface area contributed by atoms with E-state index in [0.717, 1.165) is 38.0 Å². The van der Waals surface area contributed by atoms with Crippen molar-refractivity contribution in [3.8, 4) is 0 Å². The van der Waals surface area contributed by atoms with Crippen LogP contribution in [0.5, 0.6) is 0 Å². The Morgan fingerprint density at radius 3 is 2.50 bits per heavy atom. The van der Waals surface area contributed by atoms with E-state index >= 15 is 0 Å². The maximum Gasteiger partial charge on any atom is 0.321 e. The molecular weight excluding hydrogens is 306 g/mol. The van der Waals surface area contributed by atoms with E-state index in [1.165, 1.54) is 12.7 Å². The van der Waals surface area contributed by atoms with E-state index in [9.17, 15) is 9.59 Å². The molecule has 1 heterocycles. The molecule has 0 aliphatic carbocycles. The van der Waals surface area contributed by atoms with Crippen LogP contribution >= 0.6 is 0 Å². The molecule has 24 heavy (non-hydrogen) atoms. The van der Waals surface area contributed by atoms with E-state index in [0.29, 0.717) is 12.5 Å². The van der Waals surface area contributed by atoms with Gasteiger partial charge < -0.3 is 20.3 Å². The number of aryl methyl sites for hydroxylation is 1. The molecule has 2 N–H and O–H groups in total. The molecule has 0 saturated carbocycles. The van der Waals surface area contributed by atoms with Crippen molar-refractivity contribution in [3.05, 3.63) is 29.8 Å². The van der Waals surface area contributed by atoms with E-state index in [2.05, 4.69) is 10.6 Å². The molecule has 0 bridgehead atoms. The Bertz CT molecular complexity index is 537. The quantitative estimate of drug-likeness (QED) is 0.840. The van der Waals surface area contributed by atoms with Crippen molar-refractivity contribution in [3.63, 3.8) is 0 Å². The topological polar surface area (TPSA) is 70.7 Å². The van der Waals surface area contributed by atoms with Gasteiger partial charge in [-0.3, -0.25) is 4.79 Å². The van der Waals surface area contributed by atoms with Crippen LogP contribution in [0.3, 0.4) is 0 Å². The summed E-state index contributed by atoms with van der Waals surface area (Å²) in [6.45, 7) is 4.32. The molecule has 1 aromatic carbocycles. The SMILES string of the molecule is COCC(=O)NCCC1CCN(C(=O)Nc2ccc(C)cc2)CC1. The predicted octanol–water partition coefficient (Wildman–Crippen LogP) is 2.39. The molecule has 6 nitrogen and oxygen atoms in total. The van der Waals surface area contributed by atoms with E-state index < -0.39 is 0 Å². The lowest BCUT2D eigenvalue weighted by Gasteiger charge is -2.32. The third-order valence-electron chi connectivity index (χ3n) is 4.35. The second-order valence-electron chi connectivity index (χ2n) is 6.30. The summed E-state index contributed by atoms with van der Waals surface area (Å²) in [7, 11) is 1.51. The summed E-state index contributed by atoms with van der Waals surface area (Å²) in [5.74, 6) is 0.476. The lowest BCUT2D eigenvalue weighted by molar-refractivity contribution is -0.124. The Kier molecular flexibility index (Phi) is 7.06. The summed E-state index contributed by atoms with van der Waals surface area (Å²) in [6.07, 6.45) is 2.89. The zero-order chi connectivity index (χ0) is 17.4. The van der Waals surface area contributed by atoms with Crippen LogP contribution in [0.4, 0.5) is 10.5 Å². The van der Waals surface area contributed by atoms with Crippen LogP contribution in [-0.4, -0.2) is 50.2 Å². The second-order valence-corrected chi connectivity index (χ2v) is 6.30. The molecule has 0 unspecified atom stereocenters. The number of carbonyl (C=O) groups is 2. The summed E-state index contributed by atoms with van der Waals surface area (Å²) in [6, 6.07) is 7.77. The van der Waals surface area contributed by atoms with Crippen molar-refractivity contribution in [2.75, 3.05) is 38.7 Å². The Morgan fingerprint density at radius 2 is 1.88 bits per heavy atom. The molecule has 132 valence electrons. The van der Waals surface area contributed by atoms with Gasteiger partial charge in [-0.15, -0.1) is 0 Å². The summed E-state index contributed by atoms with van der Waals surface area (Å²) >= 11 is 0. The number of ether oxygens (including phenoxy) is 1. The lowest BCUT2D eigenvalue weighted by Crippen LogP contribution is -2.41. The highest BCUT2D eigenvalue weighted by molar-refractivity contribution is 5.89. The maximum absolute atomic E-state index is 12.3. The summed E-state index contributed by atoms with van der Waals surface area (Å²) in [4.78, 5) is 25.5. The smallest absolute Gasteiger partial charge is 0.321 e. The minimum atomic E-state index is -0.0765. The van der Waals surface area contributed by atoms with Gasteiger partial charge in [0.1, 0.15) is 6.61 Å². The van der Waals surface area contributed by atoms with Crippen molar-refractivity contribution < 1.29 is 14.3 Å². The van der Waals surface area contributed by atoms with Crippen LogP contribution in [0.25, 0.3) is 0 Å². The van der Waals surface area contributed by atoms with Gasteiger partial charge in [0.15, 0.2) is 0 Å². The molecule has 0 spiro atoms. The van der Waals surface area contributed by atoms with E-state index in [-0.39, 0.29) is 18.5 Å². The number of hydrogen-bond acceptors (Lipinski definition) is 3. The maximum atomic E-state index is 12.3. The number of hydrogen-bond donors (Lipinski definition) is 2. The number of urea groups is 1. The van der Waals surface area contributed by atoms with Crippen molar-refractivity contribution in [1.29, 1.82) is 0 Å². The number of carbonyl (C=O) groups excluding carboxylic acids is 2. The van der Waals surface area contributed by atoms with Crippen LogP contribution < -0.4 is 10.6 Å². The normalized spacial score (nSPS) is 15.2. The van der Waals surface area contributed by atoms with Gasteiger partial charge in [0.2, 0.25) is 5.91 Å². The molecule has 6 heteroatoms. The zero-order valence-electron chi connectivity index (χ0n) is 14.5. The van der Waals surface area contributed by atoms with Gasteiger partial charge in [-0.1, -0.05) is 17.7 Å². The fraction of sp³-hybridized carbons (Fsp3) is 0.556. The van der Waals surface area contributed by atoms with Gasteiger partial charge >= 0.3 is 6.03 Å². The van der Waals surface area contributed by atoms with Crippen molar-refractivity contribution in [1.82, 2.24) is 10.2 Å². The average Bonchev–Trinajstić information content (AvgIpc) is 2.58. The minimum absolute atomic E-state index is 0.0364. The number of amides is 3. The fourth-order valence-electron chi connectivity index (χ4n) is 2.86. The van der Waals surface area contributed by atoms with Gasteiger partial charge in [-0.2, -0.15) is 0 Å². The van der Waals surface area contributed by atoms with Gasteiger partial charge in [0, 0.05) is 32.4 Å². The number of rotatable bonds is 6. The zero-order valence-corrected chi connectivity index (χ0v) is 14.5. The van der Waals surface area contributed by atoms with Crippen LogP contribution in [0.1, 0.15) is 24.8 Å². The number of anilines is 1.